The molecule has 0 aliphatic heterocycles. The van der Waals surface area contributed by atoms with Crippen LogP contribution >= 0.6 is 11.3 Å². The molecule has 0 bridgehead atoms. The minimum absolute atomic E-state index is 0.140. The Bertz CT molecular complexity index is 1250. The van der Waals surface area contributed by atoms with Crippen molar-refractivity contribution in [3.05, 3.63) is 82.9 Å². The Morgan fingerprint density at radius 2 is 1.87 bits per heavy atom. The summed E-state index contributed by atoms with van der Waals surface area (Å²) in [5, 5.41) is 19.8. The van der Waals surface area contributed by atoms with E-state index >= 15 is 0 Å². The number of thiazole rings is 1. The summed E-state index contributed by atoms with van der Waals surface area (Å²) in [4.78, 5) is 20.5. The number of phenols is 1. The molecule has 0 saturated heterocycles. The maximum atomic E-state index is 13.0. The number of rotatable bonds is 6. The second-order valence-electron chi connectivity index (χ2n) is 6.74. The molecule has 2 heterocycles. The average Bonchev–Trinajstić information content (AvgIpc) is 3.13. The first-order valence-electron chi connectivity index (χ1n) is 9.28. The van der Waals surface area contributed by atoms with Crippen LogP contribution in [0.15, 0.2) is 60.8 Å². The summed E-state index contributed by atoms with van der Waals surface area (Å²) in [6, 6.07) is 14.9. The van der Waals surface area contributed by atoms with Gasteiger partial charge in [0.05, 0.1) is 16.8 Å². The van der Waals surface area contributed by atoms with E-state index < -0.39 is 11.8 Å². The largest absolute Gasteiger partial charge is 0.507 e. The van der Waals surface area contributed by atoms with E-state index in [1.807, 2.05) is 31.2 Å². The number of hydrogen-bond donors (Lipinski definition) is 2. The van der Waals surface area contributed by atoms with Crippen LogP contribution in [0.2, 0.25) is 0 Å². The Morgan fingerprint density at radius 1 is 1.10 bits per heavy atom. The second kappa shape index (κ2) is 8.53. The minimum atomic E-state index is -1.18. The van der Waals surface area contributed by atoms with E-state index in [2.05, 4.69) is 9.97 Å². The van der Waals surface area contributed by atoms with Gasteiger partial charge >= 0.3 is 5.97 Å². The third kappa shape index (κ3) is 4.54. The van der Waals surface area contributed by atoms with Gasteiger partial charge in [0.15, 0.2) is 0 Å². The standard InChI is InChI=1S/C23H17FN2O4S/c1-13-22(31-21(26-13)12-30-20-8-6-17(24)11-25-20)16-4-2-3-14(9-16)15-5-7-18(23(28)29)19(27)10-15/h2-11,27H,12H2,1H3,(H,28,29). The van der Waals surface area contributed by atoms with E-state index in [1.54, 1.807) is 6.07 Å². The number of aryl methyl sites for hydroxylation is 1. The monoisotopic (exact) mass is 436 g/mol. The number of hydrogen-bond acceptors (Lipinski definition) is 6. The molecule has 0 aliphatic carbocycles. The van der Waals surface area contributed by atoms with Gasteiger partial charge in [-0.25, -0.2) is 19.2 Å². The number of aromatic carboxylic acids is 1. The van der Waals surface area contributed by atoms with Crippen LogP contribution in [0.5, 0.6) is 11.6 Å². The maximum Gasteiger partial charge on any atom is 0.339 e. The number of aromatic hydroxyl groups is 1. The molecule has 0 unspecified atom stereocenters. The molecule has 0 spiro atoms. The number of ether oxygens (including phenoxy) is 1. The number of aromatic nitrogens is 2. The number of carboxylic acid groups (broad SMARTS) is 1. The number of halogens is 1. The van der Waals surface area contributed by atoms with Crippen molar-refractivity contribution in [1.29, 1.82) is 0 Å². The lowest BCUT2D eigenvalue weighted by Gasteiger charge is -2.07. The van der Waals surface area contributed by atoms with Gasteiger partial charge in [-0.3, -0.25) is 0 Å². The molecule has 2 N–H and O–H groups in total. The molecule has 0 amide bonds. The molecule has 2 aromatic carbocycles. The molecule has 0 saturated carbocycles. The van der Waals surface area contributed by atoms with Crippen LogP contribution < -0.4 is 4.74 Å². The highest BCUT2D eigenvalue weighted by Gasteiger charge is 2.14. The molecule has 0 fully saturated rings. The number of carboxylic acids is 1. The Hall–Kier alpha value is -3.78. The first-order valence-corrected chi connectivity index (χ1v) is 10.1. The predicted molar refractivity (Wildman–Crippen MR) is 115 cm³/mol. The molecule has 2 aromatic heterocycles. The number of nitrogens with zero attached hydrogens (tertiary/aromatic N) is 2. The zero-order valence-corrected chi connectivity index (χ0v) is 17.2. The summed E-state index contributed by atoms with van der Waals surface area (Å²) in [5.41, 5.74) is 3.19. The van der Waals surface area contributed by atoms with Crippen molar-refractivity contribution in [2.75, 3.05) is 0 Å². The van der Waals surface area contributed by atoms with Crippen molar-refractivity contribution in [3.63, 3.8) is 0 Å². The molecule has 4 rings (SSSR count). The van der Waals surface area contributed by atoms with Gasteiger partial charge in [-0.15, -0.1) is 11.3 Å². The Morgan fingerprint density at radius 3 is 2.58 bits per heavy atom. The van der Waals surface area contributed by atoms with Crippen LogP contribution in [-0.4, -0.2) is 26.2 Å². The minimum Gasteiger partial charge on any atom is -0.507 e. The maximum absolute atomic E-state index is 13.0. The molecule has 0 aliphatic rings. The lowest BCUT2D eigenvalue weighted by atomic mass is 10.0. The third-order valence-electron chi connectivity index (χ3n) is 4.57. The fraction of sp³-hybridized carbons (Fsp3) is 0.0870. The van der Waals surface area contributed by atoms with E-state index in [4.69, 9.17) is 9.84 Å². The van der Waals surface area contributed by atoms with Crippen LogP contribution in [0.4, 0.5) is 4.39 Å². The van der Waals surface area contributed by atoms with Crippen molar-refractivity contribution in [2.24, 2.45) is 0 Å². The van der Waals surface area contributed by atoms with E-state index in [-0.39, 0.29) is 17.9 Å². The smallest absolute Gasteiger partial charge is 0.339 e. The topological polar surface area (TPSA) is 92.5 Å². The van der Waals surface area contributed by atoms with Gasteiger partial charge in [0.2, 0.25) is 5.88 Å². The molecule has 0 atom stereocenters. The lowest BCUT2D eigenvalue weighted by molar-refractivity contribution is 0.0693. The second-order valence-corrected chi connectivity index (χ2v) is 7.83. The summed E-state index contributed by atoms with van der Waals surface area (Å²) in [6.07, 6.45) is 1.10. The fourth-order valence-electron chi connectivity index (χ4n) is 3.10. The molecule has 156 valence electrons. The van der Waals surface area contributed by atoms with Crippen molar-refractivity contribution >= 4 is 17.3 Å². The summed E-state index contributed by atoms with van der Waals surface area (Å²) in [6.45, 7) is 2.12. The molecular formula is C23H17FN2O4S. The first kappa shape index (κ1) is 20.5. The first-order chi connectivity index (χ1) is 14.9. The van der Waals surface area contributed by atoms with E-state index in [1.165, 1.54) is 35.6 Å². The number of carbonyl (C=O) groups is 1. The number of pyridine rings is 1. The average molecular weight is 436 g/mol. The quantitative estimate of drug-likeness (QED) is 0.426. The SMILES string of the molecule is Cc1nc(COc2ccc(F)cn2)sc1-c1cccc(-c2ccc(C(=O)O)c(O)c2)c1. The van der Waals surface area contributed by atoms with Crippen molar-refractivity contribution in [2.45, 2.75) is 13.5 Å². The molecule has 8 heteroatoms. The zero-order chi connectivity index (χ0) is 22.0. The Balaban J connectivity index is 1.57. The van der Waals surface area contributed by atoms with Gasteiger partial charge in [0, 0.05) is 6.07 Å². The molecule has 0 radical (unpaired) electrons. The Labute approximate surface area is 181 Å². The highest BCUT2D eigenvalue weighted by Crippen LogP contribution is 2.34. The normalized spacial score (nSPS) is 10.8. The van der Waals surface area contributed by atoms with Crippen LogP contribution in [0.1, 0.15) is 21.1 Å². The molecule has 6 nitrogen and oxygen atoms in total. The van der Waals surface area contributed by atoms with E-state index in [0.717, 1.165) is 32.9 Å². The van der Waals surface area contributed by atoms with Gasteiger partial charge in [0.25, 0.3) is 0 Å². The van der Waals surface area contributed by atoms with E-state index in [9.17, 15) is 14.3 Å². The van der Waals surface area contributed by atoms with Gasteiger partial charge in [-0.1, -0.05) is 24.3 Å². The Kier molecular flexibility index (Phi) is 5.64. The summed E-state index contributed by atoms with van der Waals surface area (Å²) >= 11 is 1.48. The highest BCUT2D eigenvalue weighted by atomic mass is 32.1. The van der Waals surface area contributed by atoms with Crippen LogP contribution in [-0.2, 0) is 6.61 Å². The summed E-state index contributed by atoms with van der Waals surface area (Å²) < 4.78 is 18.5. The number of benzene rings is 2. The lowest BCUT2D eigenvalue weighted by Crippen LogP contribution is -1.96. The van der Waals surface area contributed by atoms with Gasteiger partial charge < -0.3 is 14.9 Å². The highest BCUT2D eigenvalue weighted by molar-refractivity contribution is 7.15. The van der Waals surface area contributed by atoms with Crippen molar-refractivity contribution < 1.29 is 24.1 Å². The molecule has 4 aromatic rings. The van der Waals surface area contributed by atoms with Crippen LogP contribution in [0.25, 0.3) is 21.6 Å². The zero-order valence-electron chi connectivity index (χ0n) is 16.4. The third-order valence-corrected chi connectivity index (χ3v) is 5.75. The van der Waals surface area contributed by atoms with Crippen molar-refractivity contribution in [3.8, 4) is 33.2 Å². The van der Waals surface area contributed by atoms with E-state index in [0.29, 0.717) is 11.4 Å². The van der Waals surface area contributed by atoms with Crippen molar-refractivity contribution in [1.82, 2.24) is 9.97 Å². The van der Waals surface area contributed by atoms with Crippen LogP contribution in [0, 0.1) is 12.7 Å². The van der Waals surface area contributed by atoms with Gasteiger partial charge in [0.1, 0.15) is 28.7 Å². The molecular weight excluding hydrogens is 419 g/mol. The van der Waals surface area contributed by atoms with Gasteiger partial charge in [-0.05, 0) is 47.9 Å². The molecule has 31 heavy (non-hydrogen) atoms. The summed E-state index contributed by atoms with van der Waals surface area (Å²) in [5.74, 6) is -1.56. The summed E-state index contributed by atoms with van der Waals surface area (Å²) in [7, 11) is 0. The fourth-order valence-corrected chi connectivity index (χ4v) is 4.07. The van der Waals surface area contributed by atoms with Gasteiger partial charge in [-0.2, -0.15) is 0 Å². The van der Waals surface area contributed by atoms with Crippen LogP contribution in [0.3, 0.4) is 0 Å². The predicted octanol–water partition coefficient (Wildman–Crippen LogP) is 5.30.